The van der Waals surface area contributed by atoms with Gasteiger partial charge in [0.05, 0.1) is 6.54 Å². The standard InChI is InChI=1S/C9H9N3O/c13-9-4-2-1-3-8(9)5-12-7-10-6-11-12/h1-4,6-7,13H,5H2. The highest BCUT2D eigenvalue weighted by Crippen LogP contribution is 2.15. The number of nitrogens with zero attached hydrogens (tertiary/aromatic N) is 3. The van der Waals surface area contributed by atoms with E-state index in [4.69, 9.17) is 0 Å². The fraction of sp³-hybridized carbons (Fsp3) is 0.111. The third-order valence-electron chi connectivity index (χ3n) is 1.79. The Kier molecular flexibility index (Phi) is 1.96. The number of aromatic hydroxyl groups is 1. The van der Waals surface area contributed by atoms with Crippen molar-refractivity contribution in [2.45, 2.75) is 6.54 Å². The van der Waals surface area contributed by atoms with Gasteiger partial charge >= 0.3 is 0 Å². The molecule has 0 aliphatic carbocycles. The van der Waals surface area contributed by atoms with Crippen molar-refractivity contribution in [3.8, 4) is 5.75 Å². The topological polar surface area (TPSA) is 50.9 Å². The molecule has 0 saturated carbocycles. The molecule has 4 heteroatoms. The molecule has 0 aliphatic rings. The molecule has 0 saturated heterocycles. The van der Waals surface area contributed by atoms with Gasteiger partial charge in [0.1, 0.15) is 18.4 Å². The van der Waals surface area contributed by atoms with E-state index in [1.807, 2.05) is 12.1 Å². The zero-order valence-corrected chi connectivity index (χ0v) is 6.96. The number of para-hydroxylation sites is 1. The van der Waals surface area contributed by atoms with Crippen LogP contribution in [0.5, 0.6) is 5.75 Å². The Hall–Kier alpha value is -1.84. The van der Waals surface area contributed by atoms with Crippen LogP contribution >= 0.6 is 0 Å². The largest absolute Gasteiger partial charge is 0.508 e. The number of benzene rings is 1. The molecule has 0 atom stereocenters. The number of hydrogen-bond donors (Lipinski definition) is 1. The van der Waals surface area contributed by atoms with Crippen LogP contribution in [0.1, 0.15) is 5.56 Å². The van der Waals surface area contributed by atoms with Gasteiger partial charge in [-0.05, 0) is 6.07 Å². The summed E-state index contributed by atoms with van der Waals surface area (Å²) in [5.74, 6) is 0.290. The molecule has 0 bridgehead atoms. The van der Waals surface area contributed by atoms with E-state index in [9.17, 15) is 5.11 Å². The summed E-state index contributed by atoms with van der Waals surface area (Å²) in [5, 5.41) is 13.4. The van der Waals surface area contributed by atoms with Gasteiger partial charge in [0, 0.05) is 5.56 Å². The van der Waals surface area contributed by atoms with Crippen molar-refractivity contribution in [3.05, 3.63) is 42.5 Å². The van der Waals surface area contributed by atoms with Crippen molar-refractivity contribution in [3.63, 3.8) is 0 Å². The van der Waals surface area contributed by atoms with E-state index < -0.39 is 0 Å². The second kappa shape index (κ2) is 3.26. The normalized spacial score (nSPS) is 10.2. The lowest BCUT2D eigenvalue weighted by Gasteiger charge is -2.02. The van der Waals surface area contributed by atoms with Gasteiger partial charge in [-0.2, -0.15) is 5.10 Å². The highest BCUT2D eigenvalue weighted by molar-refractivity contribution is 5.31. The van der Waals surface area contributed by atoms with Crippen LogP contribution in [0.3, 0.4) is 0 Å². The summed E-state index contributed by atoms with van der Waals surface area (Å²) in [6, 6.07) is 7.19. The maximum Gasteiger partial charge on any atom is 0.137 e. The van der Waals surface area contributed by atoms with E-state index in [2.05, 4.69) is 10.1 Å². The predicted molar refractivity (Wildman–Crippen MR) is 47.2 cm³/mol. The first-order valence-corrected chi connectivity index (χ1v) is 3.95. The van der Waals surface area contributed by atoms with E-state index in [0.29, 0.717) is 6.54 Å². The van der Waals surface area contributed by atoms with Gasteiger partial charge in [0.2, 0.25) is 0 Å². The molecule has 0 fully saturated rings. The first-order chi connectivity index (χ1) is 6.36. The Morgan fingerprint density at radius 2 is 2.15 bits per heavy atom. The Labute approximate surface area is 75.5 Å². The minimum Gasteiger partial charge on any atom is -0.508 e. The summed E-state index contributed by atoms with van der Waals surface area (Å²) >= 11 is 0. The highest BCUT2D eigenvalue weighted by atomic mass is 16.3. The van der Waals surface area contributed by atoms with Crippen LogP contribution in [0, 0.1) is 0 Å². The minimum absolute atomic E-state index is 0.290. The Bertz CT molecular complexity index is 384. The van der Waals surface area contributed by atoms with Gasteiger partial charge in [-0.3, -0.25) is 0 Å². The fourth-order valence-electron chi connectivity index (χ4n) is 1.13. The Balaban J connectivity index is 2.24. The maximum absolute atomic E-state index is 9.45. The van der Waals surface area contributed by atoms with Crippen molar-refractivity contribution in [2.24, 2.45) is 0 Å². The van der Waals surface area contributed by atoms with Crippen LogP contribution in [0.25, 0.3) is 0 Å². The second-order valence-electron chi connectivity index (χ2n) is 2.72. The molecule has 0 radical (unpaired) electrons. The summed E-state index contributed by atoms with van der Waals surface area (Å²) in [6.45, 7) is 0.548. The highest BCUT2D eigenvalue weighted by Gasteiger charge is 1.99. The summed E-state index contributed by atoms with van der Waals surface area (Å²) in [6.07, 6.45) is 3.09. The number of rotatable bonds is 2. The zero-order valence-electron chi connectivity index (χ0n) is 6.96. The van der Waals surface area contributed by atoms with Crippen molar-refractivity contribution in [1.82, 2.24) is 14.8 Å². The number of hydrogen-bond acceptors (Lipinski definition) is 3. The molecule has 2 rings (SSSR count). The van der Waals surface area contributed by atoms with Crippen molar-refractivity contribution >= 4 is 0 Å². The fourth-order valence-corrected chi connectivity index (χ4v) is 1.13. The Morgan fingerprint density at radius 1 is 1.31 bits per heavy atom. The molecule has 13 heavy (non-hydrogen) atoms. The molecule has 1 aromatic heterocycles. The van der Waals surface area contributed by atoms with Crippen LogP contribution in [-0.4, -0.2) is 19.9 Å². The summed E-state index contributed by atoms with van der Waals surface area (Å²) in [5.41, 5.74) is 0.841. The van der Waals surface area contributed by atoms with Gasteiger partial charge in [0.25, 0.3) is 0 Å². The second-order valence-corrected chi connectivity index (χ2v) is 2.72. The third-order valence-corrected chi connectivity index (χ3v) is 1.79. The summed E-state index contributed by atoms with van der Waals surface area (Å²) in [7, 11) is 0. The Morgan fingerprint density at radius 3 is 2.85 bits per heavy atom. The predicted octanol–water partition coefficient (Wildman–Crippen LogP) is 1.03. The quantitative estimate of drug-likeness (QED) is 0.741. The van der Waals surface area contributed by atoms with Gasteiger partial charge in [-0.25, -0.2) is 9.67 Å². The molecular formula is C9H9N3O. The van der Waals surface area contributed by atoms with E-state index in [0.717, 1.165) is 5.56 Å². The van der Waals surface area contributed by atoms with Crippen molar-refractivity contribution in [1.29, 1.82) is 0 Å². The molecule has 0 amide bonds. The van der Waals surface area contributed by atoms with E-state index >= 15 is 0 Å². The SMILES string of the molecule is Oc1ccccc1Cn1cncn1. The monoisotopic (exact) mass is 175 g/mol. The molecule has 0 aliphatic heterocycles. The van der Waals surface area contributed by atoms with Crippen LogP contribution in [0.2, 0.25) is 0 Å². The molecular weight excluding hydrogens is 166 g/mol. The van der Waals surface area contributed by atoms with Gasteiger partial charge < -0.3 is 5.11 Å². The molecule has 0 unspecified atom stereocenters. The van der Waals surface area contributed by atoms with Crippen molar-refractivity contribution in [2.75, 3.05) is 0 Å². The molecule has 1 heterocycles. The first kappa shape index (κ1) is 7.79. The van der Waals surface area contributed by atoms with Crippen LogP contribution in [0.4, 0.5) is 0 Å². The van der Waals surface area contributed by atoms with Gasteiger partial charge in [-0.15, -0.1) is 0 Å². The van der Waals surface area contributed by atoms with Crippen LogP contribution < -0.4 is 0 Å². The van der Waals surface area contributed by atoms with Gasteiger partial charge in [0.15, 0.2) is 0 Å². The molecule has 4 nitrogen and oxygen atoms in total. The third kappa shape index (κ3) is 1.66. The molecule has 2 aromatic rings. The van der Waals surface area contributed by atoms with Crippen LogP contribution in [0.15, 0.2) is 36.9 Å². The maximum atomic E-state index is 9.45. The van der Waals surface area contributed by atoms with E-state index in [-0.39, 0.29) is 5.75 Å². The average molecular weight is 175 g/mol. The first-order valence-electron chi connectivity index (χ1n) is 3.95. The minimum atomic E-state index is 0.290. The van der Waals surface area contributed by atoms with E-state index in [1.54, 1.807) is 23.1 Å². The molecule has 66 valence electrons. The summed E-state index contributed by atoms with van der Waals surface area (Å²) in [4.78, 5) is 3.82. The lowest BCUT2D eigenvalue weighted by molar-refractivity contribution is 0.464. The lowest BCUT2D eigenvalue weighted by Crippen LogP contribution is -1.99. The number of phenols is 1. The van der Waals surface area contributed by atoms with Crippen molar-refractivity contribution < 1.29 is 5.11 Å². The lowest BCUT2D eigenvalue weighted by atomic mass is 10.2. The molecule has 0 spiro atoms. The van der Waals surface area contributed by atoms with Gasteiger partial charge in [-0.1, -0.05) is 18.2 Å². The van der Waals surface area contributed by atoms with E-state index in [1.165, 1.54) is 6.33 Å². The molecule has 1 aromatic carbocycles. The number of phenolic OH excluding ortho intramolecular Hbond substituents is 1. The zero-order chi connectivity index (χ0) is 9.10. The average Bonchev–Trinajstić information content (AvgIpc) is 2.61. The molecule has 1 N–H and O–H groups in total. The summed E-state index contributed by atoms with van der Waals surface area (Å²) < 4.78 is 1.66. The number of aromatic nitrogens is 3. The smallest absolute Gasteiger partial charge is 0.137 e. The van der Waals surface area contributed by atoms with Crippen LogP contribution in [-0.2, 0) is 6.54 Å².